The molecule has 1 heterocycles. The molecule has 0 spiro atoms. The number of nitriles is 2. The van der Waals surface area contributed by atoms with Gasteiger partial charge in [-0.2, -0.15) is 10.5 Å². The van der Waals surface area contributed by atoms with Crippen LogP contribution in [0.3, 0.4) is 0 Å². The molecule has 138 valence electrons. The molecule has 0 aliphatic heterocycles. The van der Waals surface area contributed by atoms with Crippen LogP contribution in [-0.4, -0.2) is 17.6 Å². The van der Waals surface area contributed by atoms with E-state index >= 15 is 0 Å². The molecule has 0 aliphatic rings. The minimum Gasteiger partial charge on any atom is -0.495 e. The Balaban J connectivity index is 1.95. The van der Waals surface area contributed by atoms with Crippen molar-refractivity contribution in [1.82, 2.24) is 4.57 Å². The largest absolute Gasteiger partial charge is 0.495 e. The number of ether oxygens (including phenoxy) is 1. The molecule has 0 bridgehead atoms. The van der Waals surface area contributed by atoms with E-state index in [9.17, 15) is 10.1 Å². The second-order valence-electron chi connectivity index (χ2n) is 6.03. The van der Waals surface area contributed by atoms with Gasteiger partial charge in [0.25, 0.3) is 5.91 Å². The topological polar surface area (TPSA) is 90.8 Å². The van der Waals surface area contributed by atoms with Gasteiger partial charge in [0.2, 0.25) is 0 Å². The molecule has 2 aromatic carbocycles. The van der Waals surface area contributed by atoms with Crippen molar-refractivity contribution in [2.24, 2.45) is 0 Å². The fraction of sp³-hybridized carbons (Fsp3) is 0.136. The van der Waals surface area contributed by atoms with Crippen LogP contribution in [0, 0.1) is 22.7 Å². The highest BCUT2D eigenvalue weighted by molar-refractivity contribution is 6.11. The van der Waals surface area contributed by atoms with Crippen molar-refractivity contribution in [3.63, 3.8) is 0 Å². The normalized spacial score (nSPS) is 10.9. The molecule has 0 radical (unpaired) electrons. The van der Waals surface area contributed by atoms with Crippen molar-refractivity contribution in [3.05, 3.63) is 65.9 Å². The highest BCUT2D eigenvalue weighted by Crippen LogP contribution is 2.26. The van der Waals surface area contributed by atoms with Gasteiger partial charge in [-0.05, 0) is 24.3 Å². The number of nitrogens with one attached hydrogen (secondary N) is 1. The Hall–Kier alpha value is -4.03. The second-order valence-corrected chi connectivity index (χ2v) is 6.03. The zero-order valence-corrected chi connectivity index (χ0v) is 15.3. The highest BCUT2D eigenvalue weighted by Gasteiger charge is 2.14. The van der Waals surface area contributed by atoms with Gasteiger partial charge in [0.1, 0.15) is 17.4 Å². The lowest BCUT2D eigenvalue weighted by Crippen LogP contribution is -2.14. The quantitative estimate of drug-likeness (QED) is 0.522. The van der Waals surface area contributed by atoms with Crippen LogP contribution in [0.4, 0.5) is 5.69 Å². The molecule has 28 heavy (non-hydrogen) atoms. The van der Waals surface area contributed by atoms with Gasteiger partial charge in [-0.1, -0.05) is 30.3 Å². The zero-order valence-electron chi connectivity index (χ0n) is 15.3. The number of methoxy groups -OCH3 is 1. The van der Waals surface area contributed by atoms with Crippen LogP contribution in [0.2, 0.25) is 0 Å². The fourth-order valence-corrected chi connectivity index (χ4v) is 2.99. The summed E-state index contributed by atoms with van der Waals surface area (Å²) in [5, 5.41) is 22.0. The van der Waals surface area contributed by atoms with E-state index in [2.05, 4.69) is 11.4 Å². The van der Waals surface area contributed by atoms with E-state index in [4.69, 9.17) is 10.00 Å². The number of rotatable bonds is 6. The Kier molecular flexibility index (Phi) is 5.74. The smallest absolute Gasteiger partial charge is 0.266 e. The molecule has 6 heteroatoms. The van der Waals surface area contributed by atoms with Crippen molar-refractivity contribution >= 4 is 28.6 Å². The minimum absolute atomic E-state index is 0.0194. The van der Waals surface area contributed by atoms with Crippen LogP contribution < -0.4 is 10.1 Å². The fourth-order valence-electron chi connectivity index (χ4n) is 2.99. The summed E-state index contributed by atoms with van der Waals surface area (Å²) < 4.78 is 7.19. The number of benzene rings is 2. The number of hydrogen-bond donors (Lipinski definition) is 1. The molecule has 0 saturated heterocycles. The summed E-state index contributed by atoms with van der Waals surface area (Å²) in [5.74, 6) is 0.00195. The number of aromatic nitrogens is 1. The van der Waals surface area contributed by atoms with Crippen molar-refractivity contribution in [1.29, 1.82) is 10.5 Å². The summed E-state index contributed by atoms with van der Waals surface area (Å²) in [5.41, 5.74) is 2.17. The lowest BCUT2D eigenvalue weighted by Gasteiger charge is -2.09. The summed E-state index contributed by atoms with van der Waals surface area (Å²) in [6, 6.07) is 18.8. The highest BCUT2D eigenvalue weighted by atomic mass is 16.5. The third-order valence-electron chi connectivity index (χ3n) is 4.30. The number of para-hydroxylation sites is 3. The Bertz CT molecular complexity index is 1130. The average molecular weight is 370 g/mol. The summed E-state index contributed by atoms with van der Waals surface area (Å²) in [4.78, 5) is 12.6. The molecule has 1 N–H and O–H groups in total. The van der Waals surface area contributed by atoms with Gasteiger partial charge in [0.05, 0.1) is 25.3 Å². The molecular formula is C22H18N4O2. The molecule has 0 aliphatic carbocycles. The second kappa shape index (κ2) is 8.57. The Morgan fingerprint density at radius 1 is 1.18 bits per heavy atom. The Morgan fingerprint density at radius 3 is 2.68 bits per heavy atom. The lowest BCUT2D eigenvalue weighted by atomic mass is 10.1. The number of fused-ring (bicyclic) bond motifs is 1. The first-order chi connectivity index (χ1) is 13.7. The first-order valence-corrected chi connectivity index (χ1v) is 8.69. The number of hydrogen-bond acceptors (Lipinski definition) is 4. The van der Waals surface area contributed by atoms with Crippen molar-refractivity contribution in [2.45, 2.75) is 13.0 Å². The van der Waals surface area contributed by atoms with Crippen LogP contribution in [0.1, 0.15) is 12.0 Å². The van der Waals surface area contributed by atoms with Crippen molar-refractivity contribution in [3.8, 4) is 17.9 Å². The van der Waals surface area contributed by atoms with Crippen LogP contribution in [0.25, 0.3) is 17.0 Å². The molecule has 1 aromatic heterocycles. The van der Waals surface area contributed by atoms with Gasteiger partial charge in [-0.3, -0.25) is 4.79 Å². The number of anilines is 1. The van der Waals surface area contributed by atoms with Crippen LogP contribution in [-0.2, 0) is 11.3 Å². The van der Waals surface area contributed by atoms with Crippen LogP contribution >= 0.6 is 0 Å². The maximum absolute atomic E-state index is 12.6. The van der Waals surface area contributed by atoms with Crippen molar-refractivity contribution in [2.75, 3.05) is 12.4 Å². The maximum atomic E-state index is 12.6. The third-order valence-corrected chi connectivity index (χ3v) is 4.30. The van der Waals surface area contributed by atoms with Gasteiger partial charge >= 0.3 is 0 Å². The van der Waals surface area contributed by atoms with Gasteiger partial charge in [-0.25, -0.2) is 0 Å². The molecule has 0 unspecified atom stereocenters. The van der Waals surface area contributed by atoms with E-state index in [0.717, 1.165) is 16.5 Å². The zero-order chi connectivity index (χ0) is 19.9. The summed E-state index contributed by atoms with van der Waals surface area (Å²) in [6.45, 7) is 0.542. The van der Waals surface area contributed by atoms with Crippen molar-refractivity contribution < 1.29 is 9.53 Å². The summed E-state index contributed by atoms with van der Waals surface area (Å²) in [7, 11) is 1.52. The first kappa shape index (κ1) is 18.8. The Labute approximate surface area is 162 Å². The molecule has 0 atom stereocenters. The number of carbonyl (C=O) groups is 1. The first-order valence-electron chi connectivity index (χ1n) is 8.69. The van der Waals surface area contributed by atoms with Gasteiger partial charge < -0.3 is 14.6 Å². The van der Waals surface area contributed by atoms with E-state index in [0.29, 0.717) is 24.4 Å². The molecule has 3 rings (SSSR count). The summed E-state index contributed by atoms with van der Waals surface area (Å²) >= 11 is 0. The van der Waals surface area contributed by atoms with E-state index in [-0.39, 0.29) is 5.57 Å². The van der Waals surface area contributed by atoms with E-state index in [1.807, 2.05) is 41.1 Å². The van der Waals surface area contributed by atoms with E-state index in [1.165, 1.54) is 7.11 Å². The predicted octanol–water partition coefficient (Wildman–Crippen LogP) is 4.11. The summed E-state index contributed by atoms with van der Waals surface area (Å²) in [6.07, 6.45) is 3.80. The number of amides is 1. The molecular weight excluding hydrogens is 352 g/mol. The molecule has 1 amide bonds. The van der Waals surface area contributed by atoms with Crippen LogP contribution in [0.5, 0.6) is 5.75 Å². The minimum atomic E-state index is -0.513. The van der Waals surface area contributed by atoms with E-state index in [1.54, 1.807) is 30.3 Å². The monoisotopic (exact) mass is 370 g/mol. The number of nitrogens with zero attached hydrogens (tertiary/aromatic N) is 3. The standard InChI is InChI=1S/C22H18N4O2/c1-28-21-10-5-3-8-19(21)25-22(27)16(14-24)13-17-15-26(12-6-11-23)20-9-4-2-7-18(17)20/h2-5,7-10,13,15H,6,12H2,1H3,(H,25,27)/b16-13+. The maximum Gasteiger partial charge on any atom is 0.266 e. The third kappa shape index (κ3) is 3.87. The van der Waals surface area contributed by atoms with Gasteiger partial charge in [-0.15, -0.1) is 0 Å². The van der Waals surface area contributed by atoms with Gasteiger partial charge in [0.15, 0.2) is 0 Å². The molecule has 3 aromatic rings. The molecule has 0 saturated carbocycles. The van der Waals surface area contributed by atoms with E-state index < -0.39 is 5.91 Å². The SMILES string of the molecule is COc1ccccc1NC(=O)/C(C#N)=C/c1cn(CCC#N)c2ccccc12. The average Bonchev–Trinajstić information content (AvgIpc) is 3.08. The van der Waals surface area contributed by atoms with Crippen LogP contribution in [0.15, 0.2) is 60.3 Å². The number of carbonyl (C=O) groups excluding carboxylic acids is 1. The molecule has 6 nitrogen and oxygen atoms in total. The predicted molar refractivity (Wildman–Crippen MR) is 107 cm³/mol. The molecule has 0 fully saturated rings. The van der Waals surface area contributed by atoms with Gasteiger partial charge in [0, 0.05) is 29.2 Å². The lowest BCUT2D eigenvalue weighted by molar-refractivity contribution is -0.112. The Morgan fingerprint density at radius 2 is 1.93 bits per heavy atom. The number of aryl methyl sites for hydroxylation is 1.